The third-order valence-electron chi connectivity index (χ3n) is 6.08. The lowest BCUT2D eigenvalue weighted by atomic mass is 10.2. The van der Waals surface area contributed by atoms with Gasteiger partial charge in [-0.2, -0.15) is 4.31 Å². The molecule has 12 heteroatoms. The molecule has 184 valence electrons. The summed E-state index contributed by atoms with van der Waals surface area (Å²) in [6, 6.07) is 13.7. The maximum absolute atomic E-state index is 13.2. The van der Waals surface area contributed by atoms with E-state index in [1.165, 1.54) is 16.4 Å². The fraction of sp³-hybridized carbons (Fsp3) is 0.208. The number of hydrogen-bond acceptors (Lipinski definition) is 6. The van der Waals surface area contributed by atoms with Crippen molar-refractivity contribution < 1.29 is 8.42 Å². The summed E-state index contributed by atoms with van der Waals surface area (Å²) in [4.78, 5) is 36.6. The van der Waals surface area contributed by atoms with Crippen LogP contribution in [0.3, 0.4) is 0 Å². The van der Waals surface area contributed by atoms with E-state index >= 15 is 0 Å². The van der Waals surface area contributed by atoms with Crippen molar-refractivity contribution in [1.82, 2.24) is 23.8 Å². The number of piperazine rings is 1. The molecule has 2 aromatic heterocycles. The topological polar surface area (TPSA) is 124 Å². The third-order valence-corrected chi connectivity index (χ3v) is 8.24. The van der Waals surface area contributed by atoms with Gasteiger partial charge in [0.2, 0.25) is 10.0 Å². The summed E-state index contributed by atoms with van der Waals surface area (Å²) in [6.07, 6.45) is 5.23. The van der Waals surface area contributed by atoms with Crippen LogP contribution in [0, 0.1) is 12.3 Å². The van der Waals surface area contributed by atoms with E-state index in [2.05, 4.69) is 25.8 Å². The maximum Gasteiger partial charge on any atom is 0.330 e. The molecular weight excluding hydrogens is 504 g/mol. The molecule has 5 rings (SSSR count). The lowest BCUT2D eigenvalue weighted by Crippen LogP contribution is -2.48. The zero-order chi connectivity index (χ0) is 25.4. The quantitative estimate of drug-likeness (QED) is 0.384. The first-order valence-electron chi connectivity index (χ1n) is 11.1. The summed E-state index contributed by atoms with van der Waals surface area (Å²) in [5, 5.41) is 0.653. The molecule has 0 unspecified atom stereocenters. The number of nitrogens with one attached hydrogen (secondary N) is 2. The number of aromatic amines is 2. The first kappa shape index (κ1) is 23.9. The van der Waals surface area contributed by atoms with Crippen LogP contribution in [0.4, 0.5) is 5.69 Å². The van der Waals surface area contributed by atoms with Crippen molar-refractivity contribution in [1.29, 1.82) is 0 Å². The highest BCUT2D eigenvalue weighted by Crippen LogP contribution is 2.25. The second kappa shape index (κ2) is 9.31. The summed E-state index contributed by atoms with van der Waals surface area (Å²) in [5.74, 6) is 2.59. The summed E-state index contributed by atoms with van der Waals surface area (Å²) in [6.45, 7) is 1.67. The van der Waals surface area contributed by atoms with Crippen LogP contribution in [0.15, 0.2) is 63.0 Å². The lowest BCUT2D eigenvalue weighted by Gasteiger charge is -2.35. The summed E-state index contributed by atoms with van der Waals surface area (Å²) < 4.78 is 28.8. The minimum atomic E-state index is -3.69. The van der Waals surface area contributed by atoms with Crippen LogP contribution in [0.1, 0.15) is 0 Å². The summed E-state index contributed by atoms with van der Waals surface area (Å²) in [7, 11) is -3.69. The molecule has 4 aromatic rings. The molecule has 2 aromatic carbocycles. The van der Waals surface area contributed by atoms with E-state index < -0.39 is 21.3 Å². The van der Waals surface area contributed by atoms with Crippen LogP contribution in [-0.2, 0) is 16.6 Å². The molecule has 36 heavy (non-hydrogen) atoms. The van der Waals surface area contributed by atoms with Crippen LogP contribution in [-0.4, -0.2) is 58.4 Å². The molecule has 2 N–H and O–H groups in total. The first-order chi connectivity index (χ1) is 17.3. The van der Waals surface area contributed by atoms with Gasteiger partial charge in [0.05, 0.1) is 11.4 Å². The van der Waals surface area contributed by atoms with Gasteiger partial charge in [-0.3, -0.25) is 9.78 Å². The van der Waals surface area contributed by atoms with Gasteiger partial charge in [-0.1, -0.05) is 17.5 Å². The lowest BCUT2D eigenvalue weighted by molar-refractivity contribution is 0.385. The number of halogens is 1. The molecule has 0 atom stereocenters. The van der Waals surface area contributed by atoms with Gasteiger partial charge in [-0.05, 0) is 48.5 Å². The smallest absolute Gasteiger partial charge is 0.330 e. The number of rotatable bonds is 5. The molecule has 0 spiro atoms. The number of sulfonamides is 1. The number of terminal acetylenes is 1. The normalized spacial score (nSPS) is 14.7. The van der Waals surface area contributed by atoms with Gasteiger partial charge >= 0.3 is 5.69 Å². The Balaban J connectivity index is 1.35. The minimum absolute atomic E-state index is 0.100. The molecule has 1 fully saturated rings. The van der Waals surface area contributed by atoms with E-state index in [0.717, 1.165) is 10.3 Å². The van der Waals surface area contributed by atoms with Crippen molar-refractivity contribution >= 4 is 38.5 Å². The van der Waals surface area contributed by atoms with Crippen molar-refractivity contribution in [2.45, 2.75) is 11.4 Å². The molecular formula is C24H21ClN6O4S. The van der Waals surface area contributed by atoms with Crippen molar-refractivity contribution in [2.24, 2.45) is 0 Å². The van der Waals surface area contributed by atoms with Crippen molar-refractivity contribution in [3.63, 3.8) is 0 Å². The SMILES string of the molecule is C#CCn1c(=O)[nH]c2nc(-c3ccc(S(=O)(=O)N4CCN(c5ccc(Cl)cc5)CC4)cc3)[nH]c2c1=O. The van der Waals surface area contributed by atoms with Gasteiger partial charge in [0.25, 0.3) is 5.56 Å². The zero-order valence-electron chi connectivity index (χ0n) is 18.9. The second-order valence-electron chi connectivity index (χ2n) is 8.23. The number of fused-ring (bicyclic) bond motifs is 1. The summed E-state index contributed by atoms with van der Waals surface area (Å²) >= 11 is 5.96. The Kier molecular flexibility index (Phi) is 6.17. The van der Waals surface area contributed by atoms with E-state index in [0.29, 0.717) is 42.6 Å². The number of anilines is 1. The van der Waals surface area contributed by atoms with Gasteiger partial charge in [-0.25, -0.2) is 22.8 Å². The molecule has 0 aliphatic carbocycles. The molecule has 1 saturated heterocycles. The van der Waals surface area contributed by atoms with Crippen LogP contribution in [0.2, 0.25) is 5.02 Å². The Morgan fingerprint density at radius 3 is 2.28 bits per heavy atom. The molecule has 10 nitrogen and oxygen atoms in total. The highest BCUT2D eigenvalue weighted by molar-refractivity contribution is 7.89. The van der Waals surface area contributed by atoms with E-state index in [1.807, 2.05) is 24.3 Å². The number of imidazole rings is 1. The van der Waals surface area contributed by atoms with Crippen molar-refractivity contribution in [2.75, 3.05) is 31.1 Å². The van der Waals surface area contributed by atoms with Crippen LogP contribution >= 0.6 is 11.6 Å². The Morgan fingerprint density at radius 2 is 1.64 bits per heavy atom. The number of H-pyrrole nitrogens is 2. The highest BCUT2D eigenvalue weighted by atomic mass is 35.5. The monoisotopic (exact) mass is 524 g/mol. The Labute approximate surface area is 211 Å². The Hall–Kier alpha value is -3.85. The van der Waals surface area contributed by atoms with E-state index in [9.17, 15) is 18.0 Å². The summed E-state index contributed by atoms with van der Waals surface area (Å²) in [5.41, 5.74) is 0.530. The first-order valence-corrected chi connectivity index (χ1v) is 12.9. The molecule has 0 radical (unpaired) electrons. The molecule has 1 aliphatic heterocycles. The van der Waals surface area contributed by atoms with Crippen molar-refractivity contribution in [3.05, 3.63) is 74.4 Å². The number of nitrogens with zero attached hydrogens (tertiary/aromatic N) is 4. The van der Waals surface area contributed by atoms with Gasteiger partial charge in [0.15, 0.2) is 5.65 Å². The second-order valence-corrected chi connectivity index (χ2v) is 10.6. The molecule has 3 heterocycles. The van der Waals surface area contributed by atoms with E-state index in [4.69, 9.17) is 18.0 Å². The third kappa shape index (κ3) is 4.30. The molecule has 0 saturated carbocycles. The number of benzene rings is 2. The molecule has 0 amide bonds. The minimum Gasteiger partial charge on any atom is -0.369 e. The fourth-order valence-electron chi connectivity index (χ4n) is 4.16. The number of aromatic nitrogens is 4. The van der Waals surface area contributed by atoms with Gasteiger partial charge < -0.3 is 9.88 Å². The van der Waals surface area contributed by atoms with Crippen molar-refractivity contribution in [3.8, 4) is 23.7 Å². The van der Waals surface area contributed by atoms with Crippen LogP contribution in [0.5, 0.6) is 0 Å². The van der Waals surface area contributed by atoms with E-state index in [-0.39, 0.29) is 22.6 Å². The standard InChI is InChI=1S/C24H21ClN6O4S/c1-2-11-31-23(32)20-22(28-24(31)33)27-21(26-20)16-3-9-19(10-4-16)36(34,35)30-14-12-29(13-15-30)18-7-5-17(25)6-8-18/h1,3-10H,11-15H2,(H,26,27)(H,28,33). The number of hydrogen-bond donors (Lipinski definition) is 2. The average molecular weight is 525 g/mol. The predicted molar refractivity (Wildman–Crippen MR) is 138 cm³/mol. The largest absolute Gasteiger partial charge is 0.369 e. The van der Waals surface area contributed by atoms with Gasteiger partial charge in [0.1, 0.15) is 11.3 Å². The fourth-order valence-corrected chi connectivity index (χ4v) is 5.71. The van der Waals surface area contributed by atoms with E-state index in [1.54, 1.807) is 12.1 Å². The Bertz CT molecular complexity index is 1690. The Morgan fingerprint density at radius 1 is 0.972 bits per heavy atom. The maximum atomic E-state index is 13.2. The van der Waals surface area contributed by atoms with Crippen LogP contribution in [0.25, 0.3) is 22.6 Å². The average Bonchev–Trinajstić information content (AvgIpc) is 3.31. The van der Waals surface area contributed by atoms with Crippen LogP contribution < -0.4 is 16.1 Å². The molecule has 1 aliphatic rings. The zero-order valence-corrected chi connectivity index (χ0v) is 20.5. The molecule has 0 bridgehead atoms. The van der Waals surface area contributed by atoms with Gasteiger partial charge in [-0.15, -0.1) is 6.42 Å². The van der Waals surface area contributed by atoms with Gasteiger partial charge in [0, 0.05) is 42.5 Å². The highest BCUT2D eigenvalue weighted by Gasteiger charge is 2.28. The predicted octanol–water partition coefficient (Wildman–Crippen LogP) is 1.88.